The number of aliphatic hydroxyl groups is 1. The molecular formula is C17H16N4O4S2. The lowest BCUT2D eigenvalue weighted by molar-refractivity contribution is 0.197. The number of nitrogens with zero attached hydrogens (tertiary/aromatic N) is 2. The van der Waals surface area contributed by atoms with Gasteiger partial charge in [0.2, 0.25) is 0 Å². The summed E-state index contributed by atoms with van der Waals surface area (Å²) in [6.45, 7) is -0.0721. The standard InChI is InChI=1S/C17H16N4O4S2/c22-9-10-25-17(26)19-12-5-7-13(8-6-12)27(23,24)21-16-11-18-14-3-1-2-4-15(14)20-16/h1-8,11,22H,9-10H2,(H,19,26)(H,20,21). The minimum Gasteiger partial charge on any atom is -0.468 e. The van der Waals surface area contributed by atoms with Crippen LogP contribution < -0.4 is 10.0 Å². The minimum absolute atomic E-state index is 0.0604. The third-order valence-corrected chi connectivity index (χ3v) is 5.01. The number of rotatable bonds is 6. The number of ether oxygens (including phenoxy) is 1. The van der Waals surface area contributed by atoms with Crippen LogP contribution in [0, 0.1) is 0 Å². The second-order valence-corrected chi connectivity index (χ2v) is 7.41. The van der Waals surface area contributed by atoms with E-state index in [9.17, 15) is 8.42 Å². The fraction of sp³-hybridized carbons (Fsp3) is 0.118. The lowest BCUT2D eigenvalue weighted by Crippen LogP contribution is -2.16. The first kappa shape index (κ1) is 19.0. The second-order valence-electron chi connectivity index (χ2n) is 5.36. The summed E-state index contributed by atoms with van der Waals surface area (Å²) in [5, 5.41) is 11.6. The Morgan fingerprint density at radius 2 is 1.81 bits per heavy atom. The Morgan fingerprint density at radius 3 is 2.52 bits per heavy atom. The van der Waals surface area contributed by atoms with Gasteiger partial charge in [0.05, 0.1) is 28.7 Å². The summed E-state index contributed by atoms with van der Waals surface area (Å²) in [4.78, 5) is 8.50. The molecular weight excluding hydrogens is 388 g/mol. The molecule has 0 spiro atoms. The summed E-state index contributed by atoms with van der Waals surface area (Å²) in [5.41, 5.74) is 1.83. The third kappa shape index (κ3) is 4.88. The number of para-hydroxylation sites is 2. The highest BCUT2D eigenvalue weighted by molar-refractivity contribution is 7.92. The molecule has 0 aliphatic rings. The summed E-state index contributed by atoms with van der Waals surface area (Å²) in [6, 6.07) is 13.1. The molecule has 0 radical (unpaired) electrons. The molecule has 3 N–H and O–H groups in total. The molecule has 0 saturated carbocycles. The van der Waals surface area contributed by atoms with E-state index < -0.39 is 10.0 Å². The molecule has 0 unspecified atom stereocenters. The van der Waals surface area contributed by atoms with E-state index in [2.05, 4.69) is 20.0 Å². The number of thiocarbonyl (C=S) groups is 1. The molecule has 0 bridgehead atoms. The van der Waals surface area contributed by atoms with Gasteiger partial charge in [-0.25, -0.2) is 13.4 Å². The quantitative estimate of drug-likeness (QED) is 0.536. The van der Waals surface area contributed by atoms with Crippen LogP contribution in [0.3, 0.4) is 0 Å². The van der Waals surface area contributed by atoms with Crippen molar-refractivity contribution < 1.29 is 18.3 Å². The number of fused-ring (bicyclic) bond motifs is 1. The molecule has 3 aromatic rings. The maximum Gasteiger partial charge on any atom is 0.263 e. The molecule has 27 heavy (non-hydrogen) atoms. The van der Waals surface area contributed by atoms with E-state index in [0.717, 1.165) is 0 Å². The van der Waals surface area contributed by atoms with E-state index in [0.29, 0.717) is 16.7 Å². The van der Waals surface area contributed by atoms with Gasteiger partial charge in [-0.1, -0.05) is 12.1 Å². The van der Waals surface area contributed by atoms with Crippen LogP contribution in [0.5, 0.6) is 0 Å². The summed E-state index contributed by atoms with van der Waals surface area (Å²) >= 11 is 4.94. The highest BCUT2D eigenvalue weighted by Gasteiger charge is 2.15. The Morgan fingerprint density at radius 1 is 1.11 bits per heavy atom. The van der Waals surface area contributed by atoms with E-state index in [4.69, 9.17) is 22.1 Å². The fourth-order valence-electron chi connectivity index (χ4n) is 2.21. The molecule has 3 rings (SSSR count). The maximum absolute atomic E-state index is 12.5. The van der Waals surface area contributed by atoms with Crippen molar-refractivity contribution in [3.8, 4) is 0 Å². The number of aromatic nitrogens is 2. The van der Waals surface area contributed by atoms with Crippen molar-refractivity contribution >= 4 is 50.0 Å². The van der Waals surface area contributed by atoms with Crippen LogP contribution in [-0.2, 0) is 14.8 Å². The maximum atomic E-state index is 12.5. The van der Waals surface area contributed by atoms with Crippen LogP contribution in [0.2, 0.25) is 0 Å². The van der Waals surface area contributed by atoms with Crippen molar-refractivity contribution in [3.05, 3.63) is 54.7 Å². The topological polar surface area (TPSA) is 113 Å². The Labute approximate surface area is 161 Å². The largest absolute Gasteiger partial charge is 0.468 e. The highest BCUT2D eigenvalue weighted by atomic mass is 32.2. The normalized spacial score (nSPS) is 11.1. The Balaban J connectivity index is 1.73. The lowest BCUT2D eigenvalue weighted by Gasteiger charge is -2.10. The van der Waals surface area contributed by atoms with Crippen molar-refractivity contribution in [1.29, 1.82) is 0 Å². The van der Waals surface area contributed by atoms with E-state index in [1.165, 1.54) is 18.3 Å². The SMILES string of the molecule is O=S(=O)(Nc1cnc2ccccc2n1)c1ccc(NC(=S)OCCO)cc1. The first-order chi connectivity index (χ1) is 13.0. The van der Waals surface area contributed by atoms with Gasteiger partial charge >= 0.3 is 0 Å². The molecule has 0 amide bonds. The molecule has 1 aromatic heterocycles. The van der Waals surface area contributed by atoms with Crippen molar-refractivity contribution in [2.75, 3.05) is 23.3 Å². The van der Waals surface area contributed by atoms with E-state index in [1.807, 2.05) is 6.07 Å². The average Bonchev–Trinajstić information content (AvgIpc) is 2.66. The number of benzene rings is 2. The summed E-state index contributed by atoms with van der Waals surface area (Å²) in [5.74, 6) is 0.134. The van der Waals surface area contributed by atoms with Gasteiger partial charge in [-0.15, -0.1) is 0 Å². The molecule has 2 aromatic carbocycles. The number of hydrogen-bond acceptors (Lipinski definition) is 7. The second kappa shape index (κ2) is 8.25. The molecule has 8 nitrogen and oxygen atoms in total. The lowest BCUT2D eigenvalue weighted by atomic mass is 10.3. The van der Waals surface area contributed by atoms with E-state index in [1.54, 1.807) is 30.3 Å². The molecule has 0 aliphatic heterocycles. The van der Waals surface area contributed by atoms with Crippen molar-refractivity contribution in [2.45, 2.75) is 4.90 Å². The molecule has 140 valence electrons. The van der Waals surface area contributed by atoms with E-state index in [-0.39, 0.29) is 29.1 Å². The molecule has 10 heteroatoms. The number of hydrogen-bond donors (Lipinski definition) is 3. The van der Waals surface area contributed by atoms with Crippen LogP contribution in [0.15, 0.2) is 59.6 Å². The molecule has 0 fully saturated rings. The van der Waals surface area contributed by atoms with Crippen molar-refractivity contribution in [3.63, 3.8) is 0 Å². The Bertz CT molecular complexity index is 1060. The first-order valence-electron chi connectivity index (χ1n) is 7.87. The minimum atomic E-state index is -3.82. The zero-order valence-electron chi connectivity index (χ0n) is 14.0. The molecule has 0 atom stereocenters. The predicted molar refractivity (Wildman–Crippen MR) is 106 cm³/mol. The van der Waals surface area contributed by atoms with Gasteiger partial charge in [0.1, 0.15) is 6.61 Å². The van der Waals surface area contributed by atoms with Crippen LogP contribution in [0.4, 0.5) is 11.5 Å². The monoisotopic (exact) mass is 404 g/mol. The van der Waals surface area contributed by atoms with Crippen molar-refractivity contribution in [2.24, 2.45) is 0 Å². The third-order valence-electron chi connectivity index (χ3n) is 3.42. The number of anilines is 2. The Hall–Kier alpha value is -2.82. The van der Waals surface area contributed by atoms with Gasteiger partial charge in [-0.05, 0) is 48.6 Å². The zero-order chi connectivity index (χ0) is 19.3. The van der Waals surface area contributed by atoms with Gasteiger partial charge in [0, 0.05) is 5.69 Å². The summed E-state index contributed by atoms with van der Waals surface area (Å²) in [7, 11) is -3.82. The fourth-order valence-corrected chi connectivity index (χ4v) is 3.40. The summed E-state index contributed by atoms with van der Waals surface area (Å²) in [6.07, 6.45) is 1.37. The average molecular weight is 404 g/mol. The first-order valence-corrected chi connectivity index (χ1v) is 9.76. The van der Waals surface area contributed by atoms with Crippen LogP contribution >= 0.6 is 12.2 Å². The van der Waals surface area contributed by atoms with E-state index >= 15 is 0 Å². The van der Waals surface area contributed by atoms with Gasteiger partial charge in [0.25, 0.3) is 15.2 Å². The molecule has 0 aliphatic carbocycles. The highest BCUT2D eigenvalue weighted by Crippen LogP contribution is 2.18. The smallest absolute Gasteiger partial charge is 0.263 e. The van der Waals surface area contributed by atoms with Crippen LogP contribution in [-0.4, -0.2) is 41.9 Å². The Kier molecular flexibility index (Phi) is 5.79. The van der Waals surface area contributed by atoms with Gasteiger partial charge in [-0.2, -0.15) is 0 Å². The van der Waals surface area contributed by atoms with Gasteiger partial charge in [0.15, 0.2) is 5.82 Å². The molecule has 1 heterocycles. The van der Waals surface area contributed by atoms with Crippen LogP contribution in [0.25, 0.3) is 11.0 Å². The predicted octanol–water partition coefficient (Wildman–Crippen LogP) is 2.14. The van der Waals surface area contributed by atoms with Crippen molar-refractivity contribution in [1.82, 2.24) is 9.97 Å². The van der Waals surface area contributed by atoms with Gasteiger partial charge in [-0.3, -0.25) is 9.71 Å². The number of nitrogens with one attached hydrogen (secondary N) is 2. The van der Waals surface area contributed by atoms with Gasteiger partial charge < -0.3 is 15.2 Å². The molecule has 0 saturated heterocycles. The number of sulfonamides is 1. The zero-order valence-corrected chi connectivity index (χ0v) is 15.6. The van der Waals surface area contributed by atoms with Crippen LogP contribution in [0.1, 0.15) is 0 Å². The number of aliphatic hydroxyl groups excluding tert-OH is 1. The summed E-state index contributed by atoms with van der Waals surface area (Å²) < 4.78 is 32.5.